The molecule has 98 valence electrons. The second kappa shape index (κ2) is 6.11. The normalized spacial score (nSPS) is 17.3. The number of hydrogen-bond acceptors (Lipinski definition) is 4. The van der Waals surface area contributed by atoms with E-state index in [1.165, 1.54) is 17.9 Å². The highest BCUT2D eigenvalue weighted by Crippen LogP contribution is 2.18. The standard InChI is InChI=1S/C13H19N3OS/c14-12-8-10(13(15)17)2-3-11(12)9-16-4-1-6-18-7-5-16/h2-3,8H,1,4-7,9,14H2,(H2,15,17). The van der Waals surface area contributed by atoms with Gasteiger partial charge in [-0.2, -0.15) is 11.8 Å². The van der Waals surface area contributed by atoms with Crippen molar-refractivity contribution in [2.45, 2.75) is 13.0 Å². The first-order chi connectivity index (χ1) is 8.66. The van der Waals surface area contributed by atoms with Gasteiger partial charge >= 0.3 is 0 Å². The van der Waals surface area contributed by atoms with Gasteiger partial charge in [0.15, 0.2) is 0 Å². The molecule has 0 aromatic heterocycles. The molecule has 1 aliphatic heterocycles. The lowest BCUT2D eigenvalue weighted by Gasteiger charge is -2.20. The molecule has 4 N–H and O–H groups in total. The van der Waals surface area contributed by atoms with Crippen LogP contribution in [-0.4, -0.2) is 35.4 Å². The van der Waals surface area contributed by atoms with Gasteiger partial charge in [-0.3, -0.25) is 9.69 Å². The summed E-state index contributed by atoms with van der Waals surface area (Å²) in [5.74, 6) is 1.99. The molecule has 5 heteroatoms. The monoisotopic (exact) mass is 265 g/mol. The summed E-state index contributed by atoms with van der Waals surface area (Å²) in [6, 6.07) is 5.33. The quantitative estimate of drug-likeness (QED) is 0.808. The van der Waals surface area contributed by atoms with Crippen molar-refractivity contribution >= 4 is 23.4 Å². The number of benzene rings is 1. The summed E-state index contributed by atoms with van der Waals surface area (Å²) in [7, 11) is 0. The number of carbonyl (C=O) groups is 1. The molecule has 4 nitrogen and oxygen atoms in total. The smallest absolute Gasteiger partial charge is 0.248 e. The third kappa shape index (κ3) is 3.40. The van der Waals surface area contributed by atoms with Crippen LogP contribution >= 0.6 is 11.8 Å². The van der Waals surface area contributed by atoms with E-state index in [1.54, 1.807) is 12.1 Å². The van der Waals surface area contributed by atoms with Gasteiger partial charge in [0.1, 0.15) is 0 Å². The van der Waals surface area contributed by atoms with Crippen molar-refractivity contribution in [3.05, 3.63) is 29.3 Å². The number of hydrogen-bond donors (Lipinski definition) is 2. The van der Waals surface area contributed by atoms with E-state index in [9.17, 15) is 4.79 Å². The Kier molecular flexibility index (Phi) is 4.49. The summed E-state index contributed by atoms with van der Waals surface area (Å²) < 4.78 is 0. The van der Waals surface area contributed by atoms with Crippen LogP contribution < -0.4 is 11.5 Å². The Balaban J connectivity index is 2.06. The third-order valence-corrected chi connectivity index (χ3v) is 4.19. The average molecular weight is 265 g/mol. The highest BCUT2D eigenvalue weighted by Gasteiger charge is 2.12. The first kappa shape index (κ1) is 13.2. The van der Waals surface area contributed by atoms with Gasteiger partial charge in [-0.1, -0.05) is 6.07 Å². The van der Waals surface area contributed by atoms with Crippen molar-refractivity contribution in [3.63, 3.8) is 0 Å². The zero-order chi connectivity index (χ0) is 13.0. The number of nitrogen functional groups attached to an aromatic ring is 1. The summed E-state index contributed by atoms with van der Waals surface area (Å²) in [5.41, 5.74) is 13.4. The van der Waals surface area contributed by atoms with Crippen LogP contribution in [-0.2, 0) is 6.54 Å². The molecule has 0 radical (unpaired) electrons. The fraction of sp³-hybridized carbons (Fsp3) is 0.462. The molecule has 0 atom stereocenters. The Labute approximate surface area is 112 Å². The van der Waals surface area contributed by atoms with Crippen LogP contribution in [0.15, 0.2) is 18.2 Å². The van der Waals surface area contributed by atoms with Gasteiger partial charge in [0, 0.05) is 30.1 Å². The van der Waals surface area contributed by atoms with Crippen LogP contribution in [0.1, 0.15) is 22.3 Å². The Morgan fingerprint density at radius 3 is 2.89 bits per heavy atom. The van der Waals surface area contributed by atoms with Gasteiger partial charge in [-0.25, -0.2) is 0 Å². The molecule has 0 saturated carbocycles. The van der Waals surface area contributed by atoms with Crippen molar-refractivity contribution in [2.24, 2.45) is 5.73 Å². The van der Waals surface area contributed by atoms with Crippen LogP contribution in [0, 0.1) is 0 Å². The second-order valence-corrected chi connectivity index (χ2v) is 5.74. The van der Waals surface area contributed by atoms with E-state index in [4.69, 9.17) is 11.5 Å². The molecule has 1 amide bonds. The van der Waals surface area contributed by atoms with E-state index >= 15 is 0 Å². The van der Waals surface area contributed by atoms with Crippen LogP contribution in [0.3, 0.4) is 0 Å². The highest BCUT2D eigenvalue weighted by atomic mass is 32.2. The number of rotatable bonds is 3. The summed E-state index contributed by atoms with van der Waals surface area (Å²) in [6.07, 6.45) is 1.23. The molecule has 18 heavy (non-hydrogen) atoms. The third-order valence-electron chi connectivity index (χ3n) is 3.14. The molecule has 0 bridgehead atoms. The Bertz CT molecular complexity index is 428. The molecule has 1 fully saturated rings. The predicted molar refractivity (Wildman–Crippen MR) is 76.6 cm³/mol. The molecular weight excluding hydrogens is 246 g/mol. The van der Waals surface area contributed by atoms with Crippen molar-refractivity contribution in [1.29, 1.82) is 0 Å². The maximum Gasteiger partial charge on any atom is 0.248 e. The Hall–Kier alpha value is -1.20. The van der Waals surface area contributed by atoms with Crippen LogP contribution in [0.2, 0.25) is 0 Å². The zero-order valence-electron chi connectivity index (χ0n) is 10.4. The summed E-state index contributed by atoms with van der Waals surface area (Å²) in [6.45, 7) is 3.07. The molecule has 1 aromatic rings. The van der Waals surface area contributed by atoms with E-state index in [-0.39, 0.29) is 0 Å². The second-order valence-electron chi connectivity index (χ2n) is 4.52. The zero-order valence-corrected chi connectivity index (χ0v) is 11.2. The topological polar surface area (TPSA) is 72.4 Å². The number of amides is 1. The number of carbonyl (C=O) groups excluding carboxylic acids is 1. The molecule has 0 unspecified atom stereocenters. The molecule has 1 aliphatic rings. The number of anilines is 1. The van der Waals surface area contributed by atoms with E-state index < -0.39 is 5.91 Å². The number of primary amides is 1. The van der Waals surface area contributed by atoms with E-state index in [0.29, 0.717) is 11.3 Å². The van der Waals surface area contributed by atoms with E-state index in [0.717, 1.165) is 25.2 Å². The van der Waals surface area contributed by atoms with E-state index in [1.807, 2.05) is 17.8 Å². The molecule has 1 heterocycles. The fourth-order valence-corrected chi connectivity index (χ4v) is 3.01. The predicted octanol–water partition coefficient (Wildman–Crippen LogP) is 1.31. The van der Waals surface area contributed by atoms with Crippen molar-refractivity contribution < 1.29 is 4.79 Å². The summed E-state index contributed by atoms with van der Waals surface area (Å²) >= 11 is 2.01. The van der Waals surface area contributed by atoms with Crippen molar-refractivity contribution in [3.8, 4) is 0 Å². The summed E-state index contributed by atoms with van der Waals surface area (Å²) in [5, 5.41) is 0. The summed E-state index contributed by atoms with van der Waals surface area (Å²) in [4.78, 5) is 13.5. The van der Waals surface area contributed by atoms with Gasteiger partial charge in [-0.15, -0.1) is 0 Å². The lowest BCUT2D eigenvalue weighted by molar-refractivity contribution is 0.100. The number of nitrogens with two attached hydrogens (primary N) is 2. The van der Waals surface area contributed by atoms with Crippen molar-refractivity contribution in [2.75, 3.05) is 30.3 Å². The van der Waals surface area contributed by atoms with Crippen LogP contribution in [0.25, 0.3) is 0 Å². The minimum Gasteiger partial charge on any atom is -0.398 e. The average Bonchev–Trinajstić information content (AvgIpc) is 2.60. The molecule has 1 aromatic carbocycles. The maximum absolute atomic E-state index is 11.1. The maximum atomic E-state index is 11.1. The van der Waals surface area contributed by atoms with Crippen LogP contribution in [0.5, 0.6) is 0 Å². The van der Waals surface area contributed by atoms with Gasteiger partial charge in [-0.05, 0) is 36.4 Å². The first-order valence-corrected chi connectivity index (χ1v) is 7.30. The van der Waals surface area contributed by atoms with Crippen molar-refractivity contribution in [1.82, 2.24) is 4.90 Å². The number of nitrogens with zero attached hydrogens (tertiary/aromatic N) is 1. The molecular formula is C13H19N3OS. The van der Waals surface area contributed by atoms with Gasteiger partial charge in [0.2, 0.25) is 5.91 Å². The van der Waals surface area contributed by atoms with Crippen LogP contribution in [0.4, 0.5) is 5.69 Å². The SMILES string of the molecule is NC(=O)c1ccc(CN2CCCSCC2)c(N)c1. The van der Waals surface area contributed by atoms with Gasteiger partial charge in [0.25, 0.3) is 0 Å². The Morgan fingerprint density at radius 2 is 2.17 bits per heavy atom. The first-order valence-electron chi connectivity index (χ1n) is 6.15. The fourth-order valence-electron chi connectivity index (χ4n) is 2.09. The van der Waals surface area contributed by atoms with Gasteiger partial charge in [0.05, 0.1) is 0 Å². The van der Waals surface area contributed by atoms with Gasteiger partial charge < -0.3 is 11.5 Å². The minimum atomic E-state index is -0.431. The molecule has 0 aliphatic carbocycles. The highest BCUT2D eigenvalue weighted by molar-refractivity contribution is 7.99. The lowest BCUT2D eigenvalue weighted by Crippen LogP contribution is -2.26. The largest absolute Gasteiger partial charge is 0.398 e. The molecule has 2 rings (SSSR count). The molecule has 0 spiro atoms. The number of thioether (sulfide) groups is 1. The van der Waals surface area contributed by atoms with E-state index in [2.05, 4.69) is 4.90 Å². The molecule has 1 saturated heterocycles. The Morgan fingerprint density at radius 1 is 1.33 bits per heavy atom. The lowest BCUT2D eigenvalue weighted by atomic mass is 10.1. The minimum absolute atomic E-state index is 0.431.